The van der Waals surface area contributed by atoms with Crippen molar-refractivity contribution in [1.82, 2.24) is 15.2 Å². The number of rotatable bonds is 2. The van der Waals surface area contributed by atoms with E-state index < -0.39 is 11.9 Å². The number of alkyl halides is 3. The molecule has 2 saturated heterocycles. The Labute approximate surface area is 116 Å². The molecule has 20 heavy (non-hydrogen) atoms. The van der Waals surface area contributed by atoms with Crippen LogP contribution in [0.4, 0.5) is 13.2 Å². The third kappa shape index (κ3) is 2.67. The zero-order valence-electron chi connectivity index (χ0n) is 11.2. The zero-order valence-corrected chi connectivity index (χ0v) is 11.2. The molecule has 6 heteroatoms. The van der Waals surface area contributed by atoms with E-state index in [0.717, 1.165) is 39.0 Å². The van der Waals surface area contributed by atoms with Gasteiger partial charge < -0.3 is 5.32 Å². The van der Waals surface area contributed by atoms with Crippen LogP contribution in [0.25, 0.3) is 0 Å². The maximum absolute atomic E-state index is 12.9. The molecule has 2 aliphatic rings. The van der Waals surface area contributed by atoms with Gasteiger partial charge in [0.05, 0.1) is 0 Å². The highest BCUT2D eigenvalue weighted by Gasteiger charge is 2.44. The number of nitrogens with zero attached hydrogens (tertiary/aromatic N) is 2. The second kappa shape index (κ2) is 5.00. The topological polar surface area (TPSA) is 28.2 Å². The number of likely N-dealkylation sites (tertiary alicyclic amines) is 1. The fourth-order valence-electron chi connectivity index (χ4n) is 3.35. The van der Waals surface area contributed by atoms with Gasteiger partial charge in [-0.15, -0.1) is 0 Å². The Hall–Kier alpha value is -1.14. The van der Waals surface area contributed by atoms with Gasteiger partial charge in [0.25, 0.3) is 0 Å². The number of nitrogens with one attached hydrogen (secondary N) is 1. The molecule has 0 saturated carbocycles. The summed E-state index contributed by atoms with van der Waals surface area (Å²) in [6, 6.07) is 3.11. The molecule has 0 bridgehead atoms. The van der Waals surface area contributed by atoms with E-state index in [-0.39, 0.29) is 5.56 Å². The Balaban J connectivity index is 1.65. The quantitative estimate of drug-likeness (QED) is 0.903. The van der Waals surface area contributed by atoms with E-state index in [1.54, 1.807) is 6.07 Å². The fraction of sp³-hybridized carbons (Fsp3) is 0.643. The molecule has 0 aromatic carbocycles. The minimum Gasteiger partial charge on any atom is -0.317 e. The van der Waals surface area contributed by atoms with E-state index in [4.69, 9.17) is 0 Å². The van der Waals surface area contributed by atoms with Crippen LogP contribution in [0, 0.1) is 5.41 Å². The summed E-state index contributed by atoms with van der Waals surface area (Å²) >= 11 is 0. The summed E-state index contributed by atoms with van der Waals surface area (Å²) in [5.41, 5.74) is -0.124. The van der Waals surface area contributed by atoms with Gasteiger partial charge in [-0.1, -0.05) is 6.07 Å². The number of hydrogen-bond donors (Lipinski definition) is 1. The highest BCUT2D eigenvalue weighted by atomic mass is 19.4. The predicted octanol–water partition coefficient (Wildman–Crippen LogP) is 2.29. The molecule has 0 atom stereocenters. The first-order chi connectivity index (χ1) is 9.49. The first kappa shape index (κ1) is 13.8. The van der Waals surface area contributed by atoms with Gasteiger partial charge in [-0.05, 0) is 43.0 Å². The van der Waals surface area contributed by atoms with Gasteiger partial charge in [-0.25, -0.2) is 0 Å². The van der Waals surface area contributed by atoms with Crippen molar-refractivity contribution >= 4 is 0 Å². The van der Waals surface area contributed by atoms with Gasteiger partial charge in [0, 0.05) is 25.8 Å². The maximum Gasteiger partial charge on any atom is 0.433 e. The molecule has 2 aliphatic heterocycles. The van der Waals surface area contributed by atoms with Crippen LogP contribution in [0.1, 0.15) is 24.1 Å². The van der Waals surface area contributed by atoms with Crippen molar-refractivity contribution < 1.29 is 13.2 Å². The van der Waals surface area contributed by atoms with E-state index in [2.05, 4.69) is 15.2 Å². The first-order valence-corrected chi connectivity index (χ1v) is 6.93. The predicted molar refractivity (Wildman–Crippen MR) is 69.1 cm³/mol. The van der Waals surface area contributed by atoms with Gasteiger partial charge in [0.2, 0.25) is 0 Å². The molecule has 3 rings (SSSR count). The van der Waals surface area contributed by atoms with Gasteiger partial charge in [0.15, 0.2) is 0 Å². The molecule has 1 aromatic heterocycles. The molecular weight excluding hydrogens is 267 g/mol. The smallest absolute Gasteiger partial charge is 0.317 e. The van der Waals surface area contributed by atoms with Crippen molar-refractivity contribution in [2.45, 2.75) is 25.6 Å². The Morgan fingerprint density at radius 1 is 1.25 bits per heavy atom. The third-order valence-corrected chi connectivity index (χ3v) is 4.34. The van der Waals surface area contributed by atoms with Crippen molar-refractivity contribution in [1.29, 1.82) is 0 Å². The Morgan fingerprint density at radius 3 is 2.60 bits per heavy atom. The largest absolute Gasteiger partial charge is 0.433 e. The van der Waals surface area contributed by atoms with Crippen LogP contribution in [0.15, 0.2) is 18.3 Å². The van der Waals surface area contributed by atoms with E-state index in [1.807, 2.05) is 0 Å². The standard InChI is InChI=1S/C14H18F3N3/c15-14(16,17)12-11(2-1-5-19-12)8-20-9-13(10-20)3-6-18-7-4-13/h1-2,5,18H,3-4,6-10H2. The SMILES string of the molecule is FC(F)(F)c1ncccc1CN1CC2(CCNCC2)C1. The van der Waals surface area contributed by atoms with Crippen molar-refractivity contribution in [3.05, 3.63) is 29.6 Å². The molecule has 0 unspecified atom stereocenters. The molecule has 3 nitrogen and oxygen atoms in total. The second-order valence-corrected chi connectivity index (χ2v) is 5.90. The highest BCUT2D eigenvalue weighted by molar-refractivity contribution is 5.23. The van der Waals surface area contributed by atoms with Gasteiger partial charge in [0.1, 0.15) is 5.69 Å². The van der Waals surface area contributed by atoms with Crippen LogP contribution in [-0.4, -0.2) is 36.1 Å². The van der Waals surface area contributed by atoms with Crippen LogP contribution >= 0.6 is 0 Å². The van der Waals surface area contributed by atoms with Crippen LogP contribution in [-0.2, 0) is 12.7 Å². The molecule has 1 N–H and O–H groups in total. The minimum absolute atomic E-state index is 0.281. The van der Waals surface area contributed by atoms with E-state index in [1.165, 1.54) is 12.3 Å². The van der Waals surface area contributed by atoms with E-state index >= 15 is 0 Å². The zero-order chi connectivity index (χ0) is 14.2. The van der Waals surface area contributed by atoms with Crippen LogP contribution < -0.4 is 5.32 Å². The molecule has 0 radical (unpaired) electrons. The average Bonchev–Trinajstić information content (AvgIpc) is 2.37. The monoisotopic (exact) mass is 285 g/mol. The number of piperidine rings is 1. The molecule has 0 amide bonds. The summed E-state index contributed by atoms with van der Waals surface area (Å²) < 4.78 is 38.6. The van der Waals surface area contributed by atoms with Crippen LogP contribution in [0.2, 0.25) is 0 Å². The fourth-order valence-corrected chi connectivity index (χ4v) is 3.35. The lowest BCUT2D eigenvalue weighted by atomic mass is 9.72. The van der Waals surface area contributed by atoms with Crippen molar-refractivity contribution in [3.63, 3.8) is 0 Å². The number of hydrogen-bond acceptors (Lipinski definition) is 3. The van der Waals surface area contributed by atoms with Crippen LogP contribution in [0.5, 0.6) is 0 Å². The minimum atomic E-state index is -4.37. The molecule has 3 heterocycles. The molecule has 1 spiro atoms. The van der Waals surface area contributed by atoms with Gasteiger partial charge in [-0.2, -0.15) is 13.2 Å². The maximum atomic E-state index is 12.9. The highest BCUT2D eigenvalue weighted by Crippen LogP contribution is 2.40. The number of halogens is 3. The Kier molecular flexibility index (Phi) is 3.46. The summed E-state index contributed by atoms with van der Waals surface area (Å²) in [7, 11) is 0. The van der Waals surface area contributed by atoms with Crippen molar-refractivity contribution in [2.75, 3.05) is 26.2 Å². The van der Waals surface area contributed by atoms with E-state index in [0.29, 0.717) is 12.0 Å². The summed E-state index contributed by atoms with van der Waals surface area (Å²) in [6.45, 7) is 4.20. The summed E-state index contributed by atoms with van der Waals surface area (Å²) in [6.07, 6.45) is -0.907. The van der Waals surface area contributed by atoms with E-state index in [9.17, 15) is 13.2 Å². The molecule has 1 aromatic rings. The Morgan fingerprint density at radius 2 is 1.95 bits per heavy atom. The lowest BCUT2D eigenvalue weighted by Crippen LogP contribution is -2.59. The van der Waals surface area contributed by atoms with Crippen molar-refractivity contribution in [3.8, 4) is 0 Å². The summed E-state index contributed by atoms with van der Waals surface area (Å²) in [4.78, 5) is 5.60. The van der Waals surface area contributed by atoms with Crippen molar-refractivity contribution in [2.24, 2.45) is 5.41 Å². The van der Waals surface area contributed by atoms with Gasteiger partial charge >= 0.3 is 6.18 Å². The number of aromatic nitrogens is 1. The van der Waals surface area contributed by atoms with Crippen LogP contribution in [0.3, 0.4) is 0 Å². The molecule has 110 valence electrons. The normalized spacial score (nSPS) is 22.8. The summed E-state index contributed by atoms with van der Waals surface area (Å²) in [5, 5.41) is 3.32. The third-order valence-electron chi connectivity index (χ3n) is 4.34. The first-order valence-electron chi connectivity index (χ1n) is 6.93. The molecule has 2 fully saturated rings. The second-order valence-electron chi connectivity index (χ2n) is 5.90. The lowest BCUT2D eigenvalue weighted by molar-refractivity contribution is -0.142. The lowest BCUT2D eigenvalue weighted by Gasteiger charge is -2.52. The number of pyridine rings is 1. The summed E-state index contributed by atoms with van der Waals surface area (Å²) in [5.74, 6) is 0. The Bertz CT molecular complexity index is 473. The van der Waals surface area contributed by atoms with Gasteiger partial charge in [-0.3, -0.25) is 9.88 Å². The molecular formula is C14H18F3N3. The average molecular weight is 285 g/mol. The molecule has 0 aliphatic carbocycles.